The van der Waals surface area contributed by atoms with E-state index in [0.717, 1.165) is 0 Å². The van der Waals surface area contributed by atoms with Gasteiger partial charge >= 0.3 is 41.6 Å². The molecule has 16 nitrogen and oxygen atoms in total. The molecule has 0 N–H and O–H groups in total. The van der Waals surface area contributed by atoms with Gasteiger partial charge in [-0.05, 0) is 42.0 Å². The van der Waals surface area contributed by atoms with Crippen LogP contribution in [0.5, 0.6) is 46.0 Å². The molecule has 306 valence electrons. The summed E-state index contributed by atoms with van der Waals surface area (Å²) >= 11 is 0. The number of hydrogen-bond donors (Lipinski definition) is 0. The average molecular weight is 811 g/mol. The molecular weight excluding hydrogens is 772 g/mol. The predicted molar refractivity (Wildman–Crippen MR) is 201 cm³/mol. The van der Waals surface area contributed by atoms with Crippen molar-refractivity contribution < 1.29 is 76.1 Å². The fourth-order valence-electron chi connectivity index (χ4n) is 7.61. The van der Waals surface area contributed by atoms with Crippen LogP contribution in [0.2, 0.25) is 0 Å². The van der Waals surface area contributed by atoms with E-state index in [0.29, 0.717) is 16.7 Å². The van der Waals surface area contributed by atoms with Gasteiger partial charge in [-0.3, -0.25) is 28.8 Å². The van der Waals surface area contributed by atoms with Crippen molar-refractivity contribution >= 4 is 35.8 Å². The van der Waals surface area contributed by atoms with Gasteiger partial charge in [0.2, 0.25) is 0 Å². The van der Waals surface area contributed by atoms with Crippen LogP contribution >= 0.6 is 0 Å². The SMILES string of the molecule is COc1cc(OC(C)=O)c2c(c1)O[C@]1(c3ccc(OC(C)=O)cc3)Oc3cc(OC(C)=O)c4c(c3[C@@H]2[C@H]1OC(C)=O)O[C@H](c1ccc(OC(C)=O)cc1)[C@H](OC(C)=O)C4. The van der Waals surface area contributed by atoms with Crippen LogP contribution in [0.15, 0.2) is 66.7 Å². The lowest BCUT2D eigenvalue weighted by Crippen LogP contribution is -2.59. The summed E-state index contributed by atoms with van der Waals surface area (Å²) in [5.74, 6) is -5.88. The molecule has 0 amide bonds. The highest BCUT2D eigenvalue weighted by atomic mass is 16.7. The molecule has 7 rings (SSSR count). The van der Waals surface area contributed by atoms with Crippen LogP contribution in [0, 0.1) is 0 Å². The Labute approximate surface area is 337 Å². The zero-order valence-electron chi connectivity index (χ0n) is 32.9. The minimum atomic E-state index is -2.01. The number of ether oxygens (including phenoxy) is 10. The molecule has 16 heteroatoms. The third kappa shape index (κ3) is 7.80. The second kappa shape index (κ2) is 15.7. The van der Waals surface area contributed by atoms with E-state index in [-0.39, 0.29) is 63.5 Å². The largest absolute Gasteiger partial charge is 0.496 e. The van der Waals surface area contributed by atoms with Crippen LogP contribution in [-0.2, 0) is 50.4 Å². The number of fused-ring (bicyclic) bond motifs is 8. The van der Waals surface area contributed by atoms with E-state index in [4.69, 9.17) is 47.4 Å². The first kappa shape index (κ1) is 40.1. The Morgan fingerprint density at radius 3 is 1.68 bits per heavy atom. The van der Waals surface area contributed by atoms with E-state index in [1.807, 2.05) is 0 Å². The van der Waals surface area contributed by atoms with Crippen LogP contribution in [0.3, 0.4) is 0 Å². The minimum Gasteiger partial charge on any atom is -0.496 e. The molecule has 3 aliphatic rings. The van der Waals surface area contributed by atoms with Gasteiger partial charge in [-0.1, -0.05) is 12.1 Å². The first-order valence-electron chi connectivity index (χ1n) is 18.3. The fraction of sp³-hybridized carbons (Fsp3) is 0.302. The minimum absolute atomic E-state index is 0.00433. The van der Waals surface area contributed by atoms with Crippen molar-refractivity contribution in [3.05, 3.63) is 94.5 Å². The number of carbonyl (C=O) groups excluding carboxylic acids is 6. The molecule has 4 aromatic rings. The van der Waals surface area contributed by atoms with E-state index >= 15 is 0 Å². The van der Waals surface area contributed by atoms with Gasteiger partial charge in [0.15, 0.2) is 12.2 Å². The van der Waals surface area contributed by atoms with Gasteiger partial charge in [0, 0.05) is 88.4 Å². The lowest BCUT2D eigenvalue weighted by Gasteiger charge is -2.51. The molecule has 0 saturated carbocycles. The molecule has 5 atom stereocenters. The molecule has 2 bridgehead atoms. The Morgan fingerprint density at radius 2 is 1.14 bits per heavy atom. The smallest absolute Gasteiger partial charge is 0.316 e. The molecule has 0 fully saturated rings. The monoisotopic (exact) mass is 810 g/mol. The lowest BCUT2D eigenvalue weighted by molar-refractivity contribution is -0.232. The molecule has 0 radical (unpaired) electrons. The normalized spacial score (nSPS) is 20.6. The van der Waals surface area contributed by atoms with Gasteiger partial charge < -0.3 is 47.4 Å². The van der Waals surface area contributed by atoms with Crippen molar-refractivity contribution in [3.8, 4) is 46.0 Å². The summed E-state index contributed by atoms with van der Waals surface area (Å²) in [5, 5.41) is 0. The second-order valence-corrected chi connectivity index (χ2v) is 13.9. The van der Waals surface area contributed by atoms with Crippen molar-refractivity contribution in [2.75, 3.05) is 7.11 Å². The third-order valence-corrected chi connectivity index (χ3v) is 9.57. The topological polar surface area (TPSA) is 195 Å². The molecule has 4 aromatic carbocycles. The van der Waals surface area contributed by atoms with Gasteiger partial charge in [-0.2, -0.15) is 0 Å². The maximum atomic E-state index is 13.2. The van der Waals surface area contributed by atoms with Crippen LogP contribution in [0.25, 0.3) is 0 Å². The van der Waals surface area contributed by atoms with E-state index in [9.17, 15) is 28.8 Å². The molecule has 0 aromatic heterocycles. The number of carbonyl (C=O) groups is 6. The van der Waals surface area contributed by atoms with Gasteiger partial charge in [0.25, 0.3) is 0 Å². The van der Waals surface area contributed by atoms with Crippen LogP contribution in [-0.4, -0.2) is 55.1 Å². The quantitative estimate of drug-likeness (QED) is 0.147. The summed E-state index contributed by atoms with van der Waals surface area (Å²) in [5.41, 5.74) is 1.64. The maximum absolute atomic E-state index is 13.2. The highest BCUT2D eigenvalue weighted by molar-refractivity contribution is 5.77. The average Bonchev–Trinajstić information content (AvgIpc) is 3.14. The van der Waals surface area contributed by atoms with Crippen LogP contribution in [0.1, 0.15) is 81.4 Å². The molecule has 0 spiro atoms. The Hall–Kier alpha value is -7.10. The summed E-state index contributed by atoms with van der Waals surface area (Å²) in [6, 6.07) is 17.0. The number of esters is 6. The van der Waals surface area contributed by atoms with Gasteiger partial charge in [0.1, 0.15) is 52.1 Å². The van der Waals surface area contributed by atoms with Crippen molar-refractivity contribution in [3.63, 3.8) is 0 Å². The zero-order valence-corrected chi connectivity index (χ0v) is 32.9. The fourth-order valence-corrected chi connectivity index (χ4v) is 7.61. The molecule has 3 heterocycles. The van der Waals surface area contributed by atoms with E-state index in [1.165, 1.54) is 72.9 Å². The van der Waals surface area contributed by atoms with E-state index < -0.39 is 65.8 Å². The molecule has 0 aliphatic carbocycles. The van der Waals surface area contributed by atoms with Crippen molar-refractivity contribution in [2.24, 2.45) is 0 Å². The Kier molecular flexibility index (Phi) is 10.7. The number of benzene rings is 4. The first-order valence-corrected chi connectivity index (χ1v) is 18.3. The zero-order chi connectivity index (χ0) is 42.3. The molecule has 0 unspecified atom stereocenters. The third-order valence-electron chi connectivity index (χ3n) is 9.57. The summed E-state index contributed by atoms with van der Waals surface area (Å²) in [6.07, 6.45) is -3.41. The Morgan fingerprint density at radius 1 is 0.593 bits per heavy atom. The highest BCUT2D eigenvalue weighted by Crippen LogP contribution is 2.63. The van der Waals surface area contributed by atoms with Gasteiger partial charge in [0.05, 0.1) is 13.0 Å². The molecule has 59 heavy (non-hydrogen) atoms. The molecule has 3 aliphatic heterocycles. The van der Waals surface area contributed by atoms with E-state index in [2.05, 4.69) is 0 Å². The van der Waals surface area contributed by atoms with Crippen molar-refractivity contribution in [2.45, 2.75) is 78.0 Å². The van der Waals surface area contributed by atoms with Crippen LogP contribution in [0.4, 0.5) is 0 Å². The second-order valence-electron chi connectivity index (χ2n) is 13.9. The summed E-state index contributed by atoms with van der Waals surface area (Å²) < 4.78 is 60.1. The number of rotatable bonds is 9. The van der Waals surface area contributed by atoms with Gasteiger partial charge in [-0.15, -0.1) is 0 Å². The standard InChI is InChI=1S/C43H38O16/c1-20(44)51-28-12-8-26(9-13-28)40-36(55-24(5)48)18-31-32(53-22(3)46)19-35-38(41(31)57-40)39-37-33(54-23(4)47)16-30(50-7)17-34(37)58-43(59-35,42(39)56-25(6)49)27-10-14-29(15-11-27)52-21(2)45/h8-17,19,36,39-40,42H,18H2,1-7H3/t36-,39-,40-,42-,43-/m1/s1. The Bertz CT molecular complexity index is 2380. The first-order chi connectivity index (χ1) is 28.1. The highest BCUT2D eigenvalue weighted by Gasteiger charge is 2.62. The summed E-state index contributed by atoms with van der Waals surface area (Å²) in [4.78, 5) is 74.5. The maximum Gasteiger partial charge on any atom is 0.316 e. The predicted octanol–water partition coefficient (Wildman–Crippen LogP) is 5.71. The molecular formula is C43H38O16. The number of methoxy groups -OCH3 is 1. The van der Waals surface area contributed by atoms with Crippen molar-refractivity contribution in [1.29, 1.82) is 0 Å². The van der Waals surface area contributed by atoms with Crippen LogP contribution < -0.4 is 37.9 Å². The molecule has 0 saturated heterocycles. The number of hydrogen-bond acceptors (Lipinski definition) is 16. The summed E-state index contributed by atoms with van der Waals surface area (Å²) in [6.45, 7) is 7.41. The summed E-state index contributed by atoms with van der Waals surface area (Å²) in [7, 11) is 1.42. The van der Waals surface area contributed by atoms with Crippen molar-refractivity contribution in [1.82, 2.24) is 0 Å². The van der Waals surface area contributed by atoms with Gasteiger partial charge in [-0.25, -0.2) is 0 Å². The Balaban J connectivity index is 1.53. The lowest BCUT2D eigenvalue weighted by atomic mass is 9.74. The van der Waals surface area contributed by atoms with E-state index in [1.54, 1.807) is 42.5 Å².